The molecule has 5 heteroatoms. The SMILES string of the molecule is CC1=C2C(C[C@@H]1OC(=O)c1cccc3ccccc13)[C@](C)(O)CC[C@H]1[C@H](C)C(=O)O[C@H]21. The highest BCUT2D eigenvalue weighted by atomic mass is 16.6. The van der Waals surface area contributed by atoms with E-state index in [4.69, 9.17) is 9.47 Å². The van der Waals surface area contributed by atoms with Crippen LogP contribution in [0.1, 0.15) is 50.4 Å². The quantitative estimate of drug-likeness (QED) is 0.575. The van der Waals surface area contributed by atoms with Gasteiger partial charge in [0.05, 0.1) is 17.1 Å². The minimum Gasteiger partial charge on any atom is -0.457 e. The molecule has 1 aliphatic heterocycles. The second-order valence-electron chi connectivity index (χ2n) is 9.55. The zero-order valence-corrected chi connectivity index (χ0v) is 18.1. The van der Waals surface area contributed by atoms with E-state index < -0.39 is 11.7 Å². The predicted molar refractivity (Wildman–Crippen MR) is 116 cm³/mol. The summed E-state index contributed by atoms with van der Waals surface area (Å²) in [4.78, 5) is 25.4. The fraction of sp³-hybridized carbons (Fsp3) is 0.462. The monoisotopic (exact) mass is 420 g/mol. The molecule has 2 aliphatic carbocycles. The van der Waals surface area contributed by atoms with Crippen molar-refractivity contribution in [3.8, 4) is 0 Å². The smallest absolute Gasteiger partial charge is 0.339 e. The van der Waals surface area contributed by atoms with E-state index in [1.807, 2.05) is 57.2 Å². The number of rotatable bonds is 2. The maximum absolute atomic E-state index is 13.1. The van der Waals surface area contributed by atoms with Gasteiger partial charge >= 0.3 is 11.9 Å². The first-order chi connectivity index (χ1) is 14.8. The fourth-order valence-corrected chi connectivity index (χ4v) is 5.81. The molecule has 0 radical (unpaired) electrons. The Morgan fingerprint density at radius 3 is 2.74 bits per heavy atom. The van der Waals surface area contributed by atoms with Crippen molar-refractivity contribution in [2.75, 3.05) is 0 Å². The van der Waals surface area contributed by atoms with E-state index in [9.17, 15) is 14.7 Å². The van der Waals surface area contributed by atoms with Gasteiger partial charge in [0.25, 0.3) is 0 Å². The van der Waals surface area contributed by atoms with Crippen molar-refractivity contribution in [2.45, 2.75) is 57.8 Å². The van der Waals surface area contributed by atoms with Gasteiger partial charge in [-0.2, -0.15) is 0 Å². The van der Waals surface area contributed by atoms with Gasteiger partial charge in [0.2, 0.25) is 0 Å². The second-order valence-corrected chi connectivity index (χ2v) is 9.55. The summed E-state index contributed by atoms with van der Waals surface area (Å²) >= 11 is 0. The average Bonchev–Trinajstić information content (AvgIpc) is 3.18. The highest BCUT2D eigenvalue weighted by Gasteiger charge is 2.55. The van der Waals surface area contributed by atoms with Crippen LogP contribution in [0.2, 0.25) is 0 Å². The third-order valence-corrected chi connectivity index (χ3v) is 7.71. The molecule has 1 unspecified atom stereocenters. The predicted octanol–water partition coefficient (Wildman–Crippen LogP) is 4.42. The van der Waals surface area contributed by atoms with Gasteiger partial charge in [0, 0.05) is 11.8 Å². The van der Waals surface area contributed by atoms with Crippen LogP contribution in [-0.4, -0.2) is 34.9 Å². The number of hydrogen-bond donors (Lipinski definition) is 1. The van der Waals surface area contributed by atoms with Crippen LogP contribution in [0.4, 0.5) is 0 Å². The number of carbonyl (C=O) groups excluding carboxylic acids is 2. The van der Waals surface area contributed by atoms with Crippen molar-refractivity contribution >= 4 is 22.7 Å². The third kappa shape index (κ3) is 3.18. The number of benzene rings is 2. The van der Waals surface area contributed by atoms with Gasteiger partial charge in [-0.25, -0.2) is 4.79 Å². The Balaban J connectivity index is 1.48. The van der Waals surface area contributed by atoms with Gasteiger partial charge in [-0.15, -0.1) is 0 Å². The number of ether oxygens (including phenoxy) is 2. The van der Waals surface area contributed by atoms with Crippen LogP contribution in [0.3, 0.4) is 0 Å². The second kappa shape index (κ2) is 7.20. The number of carbonyl (C=O) groups is 2. The van der Waals surface area contributed by atoms with Crippen molar-refractivity contribution in [3.05, 3.63) is 59.2 Å². The molecule has 2 fully saturated rings. The molecule has 5 nitrogen and oxygen atoms in total. The van der Waals surface area contributed by atoms with E-state index in [0.717, 1.165) is 28.3 Å². The van der Waals surface area contributed by atoms with Crippen molar-refractivity contribution in [1.82, 2.24) is 0 Å². The lowest BCUT2D eigenvalue weighted by atomic mass is 9.81. The topological polar surface area (TPSA) is 72.8 Å². The first-order valence-electron chi connectivity index (χ1n) is 11.1. The summed E-state index contributed by atoms with van der Waals surface area (Å²) in [7, 11) is 0. The number of esters is 2. The zero-order chi connectivity index (χ0) is 21.9. The van der Waals surface area contributed by atoms with Gasteiger partial charge < -0.3 is 14.6 Å². The Morgan fingerprint density at radius 1 is 1.19 bits per heavy atom. The molecule has 6 atom stereocenters. The van der Waals surface area contributed by atoms with Crippen molar-refractivity contribution < 1.29 is 24.2 Å². The Kier molecular flexibility index (Phi) is 4.70. The molecule has 1 saturated carbocycles. The van der Waals surface area contributed by atoms with Crippen LogP contribution in [0, 0.1) is 17.8 Å². The van der Waals surface area contributed by atoms with Crippen molar-refractivity contribution in [2.24, 2.45) is 17.8 Å². The van der Waals surface area contributed by atoms with Crippen molar-refractivity contribution in [3.63, 3.8) is 0 Å². The summed E-state index contributed by atoms with van der Waals surface area (Å²) in [5, 5.41) is 13.1. The third-order valence-electron chi connectivity index (χ3n) is 7.71. The summed E-state index contributed by atoms with van der Waals surface area (Å²) in [6.07, 6.45) is 1.09. The minimum absolute atomic E-state index is 0.0569. The lowest BCUT2D eigenvalue weighted by molar-refractivity contribution is -0.143. The maximum atomic E-state index is 13.1. The first-order valence-corrected chi connectivity index (χ1v) is 11.1. The molecule has 0 bridgehead atoms. The summed E-state index contributed by atoms with van der Waals surface area (Å²) in [6.45, 7) is 5.71. The molecular weight excluding hydrogens is 392 g/mol. The van der Waals surface area contributed by atoms with Gasteiger partial charge in [-0.05, 0) is 61.1 Å². The number of hydrogen-bond acceptors (Lipinski definition) is 5. The molecule has 5 rings (SSSR count). The van der Waals surface area contributed by atoms with Gasteiger partial charge in [0.15, 0.2) is 0 Å². The van der Waals surface area contributed by atoms with Gasteiger partial charge in [0.1, 0.15) is 12.2 Å². The molecule has 2 aromatic carbocycles. The van der Waals surface area contributed by atoms with E-state index in [1.54, 1.807) is 6.07 Å². The van der Waals surface area contributed by atoms with Crippen LogP contribution in [0.5, 0.6) is 0 Å². The van der Waals surface area contributed by atoms with Gasteiger partial charge in [-0.3, -0.25) is 4.79 Å². The number of aliphatic hydroxyl groups is 1. The van der Waals surface area contributed by atoms with Crippen molar-refractivity contribution in [1.29, 1.82) is 0 Å². The molecule has 1 saturated heterocycles. The molecule has 3 aliphatic rings. The molecular formula is C26H28O5. The average molecular weight is 421 g/mol. The van der Waals surface area contributed by atoms with E-state index >= 15 is 0 Å². The Hall–Kier alpha value is -2.66. The highest BCUT2D eigenvalue weighted by Crippen LogP contribution is 2.52. The number of fused-ring (bicyclic) bond motifs is 4. The molecule has 0 spiro atoms. The molecule has 1 N–H and O–H groups in total. The molecule has 1 heterocycles. The van der Waals surface area contributed by atoms with Crippen LogP contribution >= 0.6 is 0 Å². The van der Waals surface area contributed by atoms with Crippen LogP contribution in [-0.2, 0) is 14.3 Å². The Morgan fingerprint density at radius 2 is 1.94 bits per heavy atom. The molecule has 162 valence electrons. The molecule has 0 amide bonds. The standard InChI is InChI=1S/C26H28O5/c1-14-17-11-12-26(3,29)20-13-21(15(2)22(20)23(17)31-24(14)27)30-25(28)19-10-6-8-16-7-4-5-9-18(16)19/h4-10,14,17,20-21,23,29H,11-13H2,1-3H3/t14-,17-,20?,21-,23-,26+/m0/s1. The highest BCUT2D eigenvalue weighted by molar-refractivity contribution is 6.04. The lowest BCUT2D eigenvalue weighted by Crippen LogP contribution is -2.35. The summed E-state index contributed by atoms with van der Waals surface area (Å²) in [6, 6.07) is 13.4. The normalized spacial score (nSPS) is 34.8. The van der Waals surface area contributed by atoms with Crippen LogP contribution in [0.15, 0.2) is 53.6 Å². The van der Waals surface area contributed by atoms with E-state index in [0.29, 0.717) is 18.4 Å². The van der Waals surface area contributed by atoms with Crippen LogP contribution < -0.4 is 0 Å². The van der Waals surface area contributed by atoms with E-state index in [2.05, 4.69) is 0 Å². The van der Waals surface area contributed by atoms with Crippen LogP contribution in [0.25, 0.3) is 10.8 Å². The Labute approximate surface area is 182 Å². The summed E-state index contributed by atoms with van der Waals surface area (Å²) in [5.74, 6) is -0.859. The summed E-state index contributed by atoms with van der Waals surface area (Å²) in [5.41, 5.74) is 1.49. The zero-order valence-electron chi connectivity index (χ0n) is 18.1. The Bertz CT molecular complexity index is 1090. The first kappa shape index (κ1) is 20.3. The molecule has 31 heavy (non-hydrogen) atoms. The fourth-order valence-electron chi connectivity index (χ4n) is 5.81. The maximum Gasteiger partial charge on any atom is 0.339 e. The van der Waals surface area contributed by atoms with E-state index in [-0.39, 0.29) is 35.8 Å². The molecule has 2 aromatic rings. The summed E-state index contributed by atoms with van der Waals surface area (Å²) < 4.78 is 11.8. The van der Waals surface area contributed by atoms with E-state index in [1.165, 1.54) is 0 Å². The molecule has 0 aromatic heterocycles. The minimum atomic E-state index is -0.923. The lowest BCUT2D eigenvalue weighted by Gasteiger charge is -2.31. The largest absolute Gasteiger partial charge is 0.457 e. The van der Waals surface area contributed by atoms with Gasteiger partial charge in [-0.1, -0.05) is 43.3 Å².